The van der Waals surface area contributed by atoms with E-state index in [1.165, 1.54) is 205 Å². The van der Waals surface area contributed by atoms with Gasteiger partial charge in [0.1, 0.15) is 0 Å². The molecule has 0 aromatic carbocycles. The van der Waals surface area contributed by atoms with E-state index in [1.807, 2.05) is 0 Å². The maximum Gasteiger partial charge on any atom is 0.305 e. The van der Waals surface area contributed by atoms with Gasteiger partial charge in [-0.2, -0.15) is 0 Å². The average molecular weight is 876 g/mol. The first-order chi connectivity index (χ1) is 30.5. The number of rotatable bonds is 52. The lowest BCUT2D eigenvalue weighted by atomic mass is 10.0. The van der Waals surface area contributed by atoms with Crippen LogP contribution in [0.3, 0.4) is 0 Å². The molecule has 0 aliphatic heterocycles. The molecule has 0 spiro atoms. The third-order valence-electron chi connectivity index (χ3n) is 13.1. The summed E-state index contributed by atoms with van der Waals surface area (Å²) in [5.41, 5.74) is 0. The number of nitrogens with one attached hydrogen (secondary N) is 1. The third kappa shape index (κ3) is 48.1. The van der Waals surface area contributed by atoms with Gasteiger partial charge in [0.15, 0.2) is 0 Å². The van der Waals surface area contributed by atoms with E-state index >= 15 is 0 Å². The zero-order valence-corrected chi connectivity index (χ0v) is 41.9. The van der Waals surface area contributed by atoms with Crippen molar-refractivity contribution in [3.05, 3.63) is 12.2 Å². The van der Waals surface area contributed by atoms with Crippen molar-refractivity contribution in [1.29, 1.82) is 0 Å². The van der Waals surface area contributed by atoms with E-state index in [0.717, 1.165) is 70.6 Å². The first-order valence-corrected chi connectivity index (χ1v) is 27.9. The van der Waals surface area contributed by atoms with Gasteiger partial charge in [-0.25, -0.2) is 0 Å². The molecule has 6 nitrogen and oxygen atoms in total. The quantitative estimate of drug-likeness (QED) is 0.0321. The summed E-state index contributed by atoms with van der Waals surface area (Å²) in [7, 11) is 0. The van der Waals surface area contributed by atoms with Crippen LogP contribution in [-0.2, 0) is 14.3 Å². The number of carbonyl (C=O) groups is 2. The van der Waals surface area contributed by atoms with Crippen LogP contribution in [0.1, 0.15) is 309 Å². The Kier molecular flexibility index (Phi) is 51.0. The lowest BCUT2D eigenvalue weighted by Crippen LogP contribution is -2.45. The number of hydrogen-bond acceptors (Lipinski definition) is 5. The Balaban J connectivity index is 3.49. The van der Waals surface area contributed by atoms with Crippen LogP contribution in [0.5, 0.6) is 0 Å². The van der Waals surface area contributed by atoms with Crippen LogP contribution in [0.25, 0.3) is 0 Å². The zero-order valence-electron chi connectivity index (χ0n) is 41.9. The molecule has 0 bridgehead atoms. The number of ether oxygens (including phenoxy) is 1. The highest BCUT2D eigenvalue weighted by molar-refractivity contribution is 5.76. The van der Waals surface area contributed by atoms with Crippen LogP contribution < -0.4 is 5.32 Å². The van der Waals surface area contributed by atoms with Crippen LogP contribution in [0.2, 0.25) is 0 Å². The van der Waals surface area contributed by atoms with Crippen molar-refractivity contribution in [2.45, 2.75) is 321 Å². The molecule has 2 atom stereocenters. The van der Waals surface area contributed by atoms with Gasteiger partial charge < -0.3 is 20.3 Å². The number of amides is 1. The molecule has 6 heteroatoms. The number of aliphatic hydroxyl groups is 2. The lowest BCUT2D eigenvalue weighted by Gasteiger charge is -2.22. The van der Waals surface area contributed by atoms with Gasteiger partial charge in [0.25, 0.3) is 0 Å². The maximum atomic E-state index is 12.4. The van der Waals surface area contributed by atoms with Gasteiger partial charge >= 0.3 is 5.97 Å². The molecule has 3 N–H and O–H groups in total. The molecule has 0 aliphatic rings. The van der Waals surface area contributed by atoms with Gasteiger partial charge in [0.05, 0.1) is 25.4 Å². The van der Waals surface area contributed by atoms with Gasteiger partial charge in [-0.1, -0.05) is 264 Å². The molecule has 0 heterocycles. The Hall–Kier alpha value is -1.40. The number of aliphatic hydroxyl groups excluding tert-OH is 2. The normalized spacial score (nSPS) is 12.6. The largest absolute Gasteiger partial charge is 0.466 e. The number of carbonyl (C=O) groups excluding carboxylic acids is 2. The fourth-order valence-electron chi connectivity index (χ4n) is 8.76. The van der Waals surface area contributed by atoms with Crippen molar-refractivity contribution in [2.75, 3.05) is 13.2 Å². The Bertz CT molecular complexity index is 924. The highest BCUT2D eigenvalue weighted by Crippen LogP contribution is 2.17. The summed E-state index contributed by atoms with van der Waals surface area (Å²) < 4.78 is 5.46. The first kappa shape index (κ1) is 60.6. The SMILES string of the molecule is CCCCCCCCCCCCCCCCCCCCCC(=O)OCCCCCC/C=C\CCCC(=O)NC(CO)C(O)CCCCCCCCCCCCCCCCCCC. The van der Waals surface area contributed by atoms with Crippen molar-refractivity contribution in [1.82, 2.24) is 5.32 Å². The van der Waals surface area contributed by atoms with Crippen LogP contribution in [0.4, 0.5) is 0 Å². The summed E-state index contributed by atoms with van der Waals surface area (Å²) in [5, 5.41) is 23.2. The van der Waals surface area contributed by atoms with E-state index in [0.29, 0.717) is 25.9 Å². The first-order valence-electron chi connectivity index (χ1n) is 27.9. The number of unbranched alkanes of at least 4 members (excludes halogenated alkanes) is 39. The third-order valence-corrected chi connectivity index (χ3v) is 13.1. The predicted molar refractivity (Wildman–Crippen MR) is 269 cm³/mol. The van der Waals surface area contributed by atoms with E-state index in [4.69, 9.17) is 4.74 Å². The van der Waals surface area contributed by atoms with Gasteiger partial charge in [-0.05, 0) is 44.9 Å². The van der Waals surface area contributed by atoms with Crippen molar-refractivity contribution in [2.24, 2.45) is 0 Å². The molecule has 0 saturated heterocycles. The van der Waals surface area contributed by atoms with Crippen LogP contribution in [0, 0.1) is 0 Å². The molecular weight excluding hydrogens is 767 g/mol. The minimum atomic E-state index is -0.694. The Morgan fingerprint density at radius 3 is 1.18 bits per heavy atom. The van der Waals surface area contributed by atoms with E-state index in [1.54, 1.807) is 0 Å². The van der Waals surface area contributed by atoms with Gasteiger partial charge in [-0.15, -0.1) is 0 Å². The molecule has 0 saturated carbocycles. The molecular formula is C56H109NO5. The second-order valence-corrected chi connectivity index (χ2v) is 19.3. The number of allylic oxidation sites excluding steroid dienone is 2. The van der Waals surface area contributed by atoms with E-state index in [-0.39, 0.29) is 18.5 Å². The minimum absolute atomic E-state index is 0.0302. The van der Waals surface area contributed by atoms with E-state index in [9.17, 15) is 19.8 Å². The standard InChI is InChI=1S/C56H109NO5/c1-3-5-7-9-11-13-15-17-19-21-22-24-26-28-30-34-38-42-46-50-56(61)62-51-47-43-39-35-31-33-37-41-45-49-55(60)57-53(52-58)54(59)48-44-40-36-32-29-27-25-23-20-18-16-14-12-10-8-6-4-2/h33,37,53-54,58-59H,3-32,34-36,38-52H2,1-2H3,(H,57,60)/b37-33-. The van der Waals surface area contributed by atoms with Crippen molar-refractivity contribution >= 4 is 11.9 Å². The fraction of sp³-hybridized carbons (Fsp3) is 0.929. The number of hydrogen-bond donors (Lipinski definition) is 3. The van der Waals surface area contributed by atoms with Gasteiger partial charge in [-0.3, -0.25) is 9.59 Å². The Labute approximate surface area is 387 Å². The monoisotopic (exact) mass is 876 g/mol. The molecule has 1 amide bonds. The van der Waals surface area contributed by atoms with Crippen molar-refractivity contribution < 1.29 is 24.5 Å². The summed E-state index contributed by atoms with van der Waals surface area (Å²) in [6.45, 7) is 4.89. The summed E-state index contributed by atoms with van der Waals surface area (Å²) >= 11 is 0. The summed E-state index contributed by atoms with van der Waals surface area (Å²) in [5.74, 6) is -0.123. The molecule has 0 aromatic heterocycles. The highest BCUT2D eigenvalue weighted by Gasteiger charge is 2.20. The molecule has 0 aliphatic carbocycles. The summed E-state index contributed by atoms with van der Waals surface area (Å²) in [6.07, 6.45) is 60.6. The van der Waals surface area contributed by atoms with Crippen LogP contribution in [0.15, 0.2) is 12.2 Å². The van der Waals surface area contributed by atoms with Crippen LogP contribution in [-0.4, -0.2) is 47.4 Å². The predicted octanol–water partition coefficient (Wildman–Crippen LogP) is 16.9. The minimum Gasteiger partial charge on any atom is -0.466 e. The van der Waals surface area contributed by atoms with E-state index in [2.05, 4.69) is 31.3 Å². The summed E-state index contributed by atoms with van der Waals surface area (Å²) in [6, 6.07) is -0.578. The molecule has 2 unspecified atom stereocenters. The Morgan fingerprint density at radius 1 is 0.435 bits per heavy atom. The second-order valence-electron chi connectivity index (χ2n) is 19.3. The van der Waals surface area contributed by atoms with Crippen LogP contribution >= 0.6 is 0 Å². The van der Waals surface area contributed by atoms with Crippen molar-refractivity contribution in [3.8, 4) is 0 Å². The Morgan fingerprint density at radius 2 is 0.774 bits per heavy atom. The molecule has 0 rings (SSSR count). The molecule has 62 heavy (non-hydrogen) atoms. The fourth-order valence-corrected chi connectivity index (χ4v) is 8.76. The lowest BCUT2D eigenvalue weighted by molar-refractivity contribution is -0.143. The highest BCUT2D eigenvalue weighted by atomic mass is 16.5. The molecule has 0 fully saturated rings. The second kappa shape index (κ2) is 52.2. The smallest absolute Gasteiger partial charge is 0.305 e. The molecule has 368 valence electrons. The summed E-state index contributed by atoms with van der Waals surface area (Å²) in [4.78, 5) is 24.5. The maximum absolute atomic E-state index is 12.4. The average Bonchev–Trinajstić information content (AvgIpc) is 3.27. The van der Waals surface area contributed by atoms with Crippen molar-refractivity contribution in [3.63, 3.8) is 0 Å². The topological polar surface area (TPSA) is 95.9 Å². The number of esters is 1. The van der Waals surface area contributed by atoms with Gasteiger partial charge in [0.2, 0.25) is 5.91 Å². The zero-order chi connectivity index (χ0) is 45.1. The van der Waals surface area contributed by atoms with E-state index < -0.39 is 12.1 Å². The van der Waals surface area contributed by atoms with Gasteiger partial charge in [0, 0.05) is 12.8 Å². The molecule has 0 aromatic rings. The molecule has 0 radical (unpaired) electrons.